The SMILES string of the molecule is COC(=O)C1=COC(O[C@@H]2O[C@H](CO)[C@@H](O)[C@H](O)[C@H]2O)C2C1(O)CC(O)C2(C)O. The third kappa shape index (κ3) is 3.44. The fourth-order valence-corrected chi connectivity index (χ4v) is 4.17. The van der Waals surface area contributed by atoms with E-state index in [0.717, 1.165) is 13.4 Å². The van der Waals surface area contributed by atoms with Crippen LogP contribution < -0.4 is 0 Å². The zero-order valence-corrected chi connectivity index (χ0v) is 15.8. The number of carbonyl (C=O) groups is 1. The molecule has 12 nitrogen and oxygen atoms in total. The van der Waals surface area contributed by atoms with E-state index in [4.69, 9.17) is 14.2 Å². The first-order chi connectivity index (χ1) is 13.5. The number of ether oxygens (including phenoxy) is 4. The summed E-state index contributed by atoms with van der Waals surface area (Å²) >= 11 is 0. The molecule has 3 aliphatic rings. The molecule has 0 amide bonds. The zero-order chi connectivity index (χ0) is 21.7. The van der Waals surface area contributed by atoms with Gasteiger partial charge in [0.05, 0.1) is 37.6 Å². The lowest BCUT2D eigenvalue weighted by atomic mass is 9.77. The Morgan fingerprint density at radius 2 is 1.83 bits per heavy atom. The van der Waals surface area contributed by atoms with Crippen LogP contribution in [0.2, 0.25) is 0 Å². The van der Waals surface area contributed by atoms with Crippen molar-refractivity contribution in [2.75, 3.05) is 13.7 Å². The predicted octanol–water partition coefficient (Wildman–Crippen LogP) is -3.92. The highest BCUT2D eigenvalue weighted by molar-refractivity contribution is 5.91. The Morgan fingerprint density at radius 3 is 2.41 bits per heavy atom. The molecule has 5 unspecified atom stereocenters. The van der Waals surface area contributed by atoms with Crippen LogP contribution >= 0.6 is 0 Å². The fourth-order valence-electron chi connectivity index (χ4n) is 4.17. The molecule has 2 aliphatic heterocycles. The van der Waals surface area contributed by atoms with Crippen molar-refractivity contribution in [3.63, 3.8) is 0 Å². The molecule has 10 atom stereocenters. The molecular formula is C17H26O12. The number of rotatable bonds is 4. The summed E-state index contributed by atoms with van der Waals surface area (Å²) in [5.74, 6) is -2.36. The summed E-state index contributed by atoms with van der Waals surface area (Å²) in [6, 6.07) is 0. The predicted molar refractivity (Wildman–Crippen MR) is 89.5 cm³/mol. The number of aliphatic hydroxyl groups is 7. The van der Waals surface area contributed by atoms with E-state index in [0.29, 0.717) is 0 Å². The Hall–Kier alpha value is -1.35. The van der Waals surface area contributed by atoms with Crippen LogP contribution in [0.1, 0.15) is 13.3 Å². The van der Waals surface area contributed by atoms with Crippen LogP contribution in [0.4, 0.5) is 0 Å². The maximum Gasteiger partial charge on any atom is 0.339 e. The third-order valence-electron chi connectivity index (χ3n) is 5.90. The van der Waals surface area contributed by atoms with E-state index in [1.54, 1.807) is 0 Å². The van der Waals surface area contributed by atoms with Crippen molar-refractivity contribution in [3.05, 3.63) is 11.8 Å². The summed E-state index contributed by atoms with van der Waals surface area (Å²) in [5.41, 5.74) is -4.41. The zero-order valence-electron chi connectivity index (χ0n) is 15.8. The Balaban J connectivity index is 1.92. The minimum absolute atomic E-state index is 0.338. The first kappa shape index (κ1) is 22.3. The third-order valence-corrected chi connectivity index (χ3v) is 5.90. The lowest BCUT2D eigenvalue weighted by Gasteiger charge is -2.46. The topological polar surface area (TPSA) is 196 Å². The molecule has 166 valence electrons. The first-order valence-electron chi connectivity index (χ1n) is 9.02. The number of hydrogen-bond donors (Lipinski definition) is 7. The Labute approximate surface area is 165 Å². The summed E-state index contributed by atoms with van der Waals surface area (Å²) in [6.07, 6.45) is -10.5. The molecule has 0 spiro atoms. The van der Waals surface area contributed by atoms with Gasteiger partial charge in [0.2, 0.25) is 6.29 Å². The molecular weight excluding hydrogens is 396 g/mol. The minimum Gasteiger partial charge on any atom is -0.471 e. The van der Waals surface area contributed by atoms with E-state index in [9.17, 15) is 40.5 Å². The molecule has 7 N–H and O–H groups in total. The summed E-state index contributed by atoms with van der Waals surface area (Å²) in [4.78, 5) is 12.1. The van der Waals surface area contributed by atoms with Crippen molar-refractivity contribution in [2.24, 2.45) is 5.92 Å². The minimum atomic E-state index is -2.09. The molecule has 1 saturated heterocycles. The summed E-state index contributed by atoms with van der Waals surface area (Å²) in [5, 5.41) is 71.4. The van der Waals surface area contributed by atoms with Gasteiger partial charge < -0.3 is 54.7 Å². The Bertz CT molecular complexity index is 663. The van der Waals surface area contributed by atoms with Crippen LogP contribution in [0.15, 0.2) is 11.8 Å². The van der Waals surface area contributed by atoms with Gasteiger partial charge in [-0.05, 0) is 6.92 Å². The van der Waals surface area contributed by atoms with Gasteiger partial charge in [0.15, 0.2) is 6.29 Å². The van der Waals surface area contributed by atoms with Crippen LogP contribution in [0.5, 0.6) is 0 Å². The van der Waals surface area contributed by atoms with Gasteiger partial charge >= 0.3 is 5.97 Å². The average molecular weight is 422 g/mol. The van der Waals surface area contributed by atoms with E-state index in [1.807, 2.05) is 0 Å². The lowest BCUT2D eigenvalue weighted by molar-refractivity contribution is -0.352. The molecule has 0 radical (unpaired) electrons. The van der Waals surface area contributed by atoms with Gasteiger partial charge in [-0.3, -0.25) is 0 Å². The number of carbonyl (C=O) groups excluding carboxylic acids is 1. The number of hydrogen-bond acceptors (Lipinski definition) is 12. The van der Waals surface area contributed by atoms with Gasteiger partial charge in [-0.1, -0.05) is 0 Å². The van der Waals surface area contributed by atoms with Gasteiger partial charge in [-0.25, -0.2) is 4.79 Å². The highest BCUT2D eigenvalue weighted by Crippen LogP contribution is 2.52. The molecule has 0 aromatic rings. The maximum absolute atomic E-state index is 12.1. The Morgan fingerprint density at radius 1 is 1.17 bits per heavy atom. The van der Waals surface area contributed by atoms with Gasteiger partial charge in [0.25, 0.3) is 0 Å². The van der Waals surface area contributed by atoms with Gasteiger partial charge in [0, 0.05) is 6.42 Å². The number of methoxy groups -OCH3 is 1. The normalized spacial score (nSPS) is 49.8. The standard InChI is InChI=1S/C17H26O12/c1-16(24)8(19)3-17(25)6(13(23)26-2)5-27-15(12(16)17)29-14-11(22)10(21)9(20)7(4-18)28-14/h5,7-12,14-15,18-22,24-25H,3-4H2,1-2H3/t7-,8?,9-,10+,11-,12?,14+,15?,16?,17?/m1/s1. The van der Waals surface area contributed by atoms with Gasteiger partial charge in [0.1, 0.15) is 35.6 Å². The number of fused-ring (bicyclic) bond motifs is 1. The van der Waals surface area contributed by atoms with E-state index in [1.165, 1.54) is 6.92 Å². The van der Waals surface area contributed by atoms with Crippen molar-refractivity contribution in [2.45, 2.75) is 67.6 Å². The van der Waals surface area contributed by atoms with Crippen molar-refractivity contribution in [1.29, 1.82) is 0 Å². The van der Waals surface area contributed by atoms with Crippen molar-refractivity contribution >= 4 is 5.97 Å². The highest BCUT2D eigenvalue weighted by atomic mass is 16.8. The molecule has 1 saturated carbocycles. The molecule has 0 aromatic heterocycles. The van der Waals surface area contributed by atoms with Crippen molar-refractivity contribution < 1.29 is 59.5 Å². The van der Waals surface area contributed by atoms with Crippen LogP contribution in [0, 0.1) is 5.92 Å². The second kappa shape index (κ2) is 7.72. The number of esters is 1. The summed E-state index contributed by atoms with van der Waals surface area (Å²) in [6.45, 7) is 0.528. The van der Waals surface area contributed by atoms with Gasteiger partial charge in [-0.15, -0.1) is 0 Å². The number of aliphatic hydroxyl groups excluding tert-OH is 5. The van der Waals surface area contributed by atoms with E-state index in [2.05, 4.69) is 4.74 Å². The molecule has 3 rings (SSSR count). The molecule has 12 heteroatoms. The van der Waals surface area contributed by atoms with E-state index < -0.39 is 79.2 Å². The quantitative estimate of drug-likeness (QED) is 0.218. The second-order valence-corrected chi connectivity index (χ2v) is 7.71. The van der Waals surface area contributed by atoms with Crippen LogP contribution in [0.3, 0.4) is 0 Å². The van der Waals surface area contributed by atoms with E-state index in [-0.39, 0.29) is 5.57 Å². The molecule has 29 heavy (non-hydrogen) atoms. The van der Waals surface area contributed by atoms with Gasteiger partial charge in [-0.2, -0.15) is 0 Å². The van der Waals surface area contributed by atoms with Crippen LogP contribution in [0.25, 0.3) is 0 Å². The van der Waals surface area contributed by atoms with E-state index >= 15 is 0 Å². The molecule has 0 aromatic carbocycles. The van der Waals surface area contributed by atoms with Crippen LogP contribution in [-0.4, -0.2) is 110 Å². The Kier molecular flexibility index (Phi) is 5.95. The van der Waals surface area contributed by atoms with Crippen molar-refractivity contribution in [1.82, 2.24) is 0 Å². The highest BCUT2D eigenvalue weighted by Gasteiger charge is 2.67. The molecule has 2 fully saturated rings. The summed E-state index contributed by atoms with van der Waals surface area (Å²) < 4.78 is 20.7. The molecule has 1 aliphatic carbocycles. The molecule has 2 heterocycles. The lowest BCUT2D eigenvalue weighted by Crippen LogP contribution is -2.62. The second-order valence-electron chi connectivity index (χ2n) is 7.71. The monoisotopic (exact) mass is 422 g/mol. The largest absolute Gasteiger partial charge is 0.471 e. The first-order valence-corrected chi connectivity index (χ1v) is 9.02. The average Bonchev–Trinajstić information content (AvgIpc) is 2.86. The maximum atomic E-state index is 12.1. The van der Waals surface area contributed by atoms with Crippen LogP contribution in [-0.2, 0) is 23.7 Å². The van der Waals surface area contributed by atoms with Crippen molar-refractivity contribution in [3.8, 4) is 0 Å². The fraction of sp³-hybridized carbons (Fsp3) is 0.824. The summed E-state index contributed by atoms with van der Waals surface area (Å²) in [7, 11) is 1.08. The smallest absolute Gasteiger partial charge is 0.339 e. The molecule has 0 bridgehead atoms.